The molecule has 0 unspecified atom stereocenters. The number of ketones is 1. The fourth-order valence-corrected chi connectivity index (χ4v) is 3.37. The molecule has 1 N–H and O–H groups in total. The zero-order valence-corrected chi connectivity index (χ0v) is 15.7. The van der Waals surface area contributed by atoms with Crippen LogP contribution in [0.2, 0.25) is 0 Å². The lowest BCUT2D eigenvalue weighted by Gasteiger charge is -2.10. The van der Waals surface area contributed by atoms with Gasteiger partial charge in [-0.05, 0) is 31.2 Å². The third-order valence-electron chi connectivity index (χ3n) is 3.71. The number of ether oxygens (including phenoxy) is 1. The van der Waals surface area contributed by atoms with Crippen LogP contribution in [0.15, 0.2) is 53.4 Å². The summed E-state index contributed by atoms with van der Waals surface area (Å²) in [6.07, 6.45) is 0. The fraction of sp³-hybridized carbons (Fsp3) is 0.211. The molecule has 7 nitrogen and oxygen atoms in total. The van der Waals surface area contributed by atoms with E-state index in [4.69, 9.17) is 4.74 Å². The third kappa shape index (κ3) is 5.24. The second kappa shape index (κ2) is 8.59. The van der Waals surface area contributed by atoms with Gasteiger partial charge in [-0.3, -0.25) is 9.59 Å². The van der Waals surface area contributed by atoms with E-state index >= 15 is 0 Å². The van der Waals surface area contributed by atoms with Crippen molar-refractivity contribution in [1.29, 1.82) is 0 Å². The topological polar surface area (TPSA) is 107 Å². The number of carbonyl (C=O) groups excluding carboxylic acids is 3. The summed E-state index contributed by atoms with van der Waals surface area (Å²) in [5.74, 6) is -1.83. The molecule has 0 fully saturated rings. The molecule has 1 amide bonds. The second-order valence-corrected chi connectivity index (χ2v) is 7.91. The normalized spacial score (nSPS) is 10.9. The van der Waals surface area contributed by atoms with Crippen LogP contribution in [-0.2, 0) is 19.4 Å². The molecule has 0 saturated carbocycles. The summed E-state index contributed by atoms with van der Waals surface area (Å²) in [5.41, 5.74) is 0.701. The van der Waals surface area contributed by atoms with Gasteiger partial charge in [0.2, 0.25) is 0 Å². The predicted molar refractivity (Wildman–Crippen MR) is 99.5 cm³/mol. The summed E-state index contributed by atoms with van der Waals surface area (Å²) in [6, 6.07) is 12.0. The lowest BCUT2D eigenvalue weighted by Crippen LogP contribution is -2.22. The van der Waals surface area contributed by atoms with Crippen molar-refractivity contribution in [3.05, 3.63) is 59.7 Å². The van der Waals surface area contributed by atoms with Gasteiger partial charge < -0.3 is 10.1 Å². The number of esters is 1. The summed E-state index contributed by atoms with van der Waals surface area (Å²) < 4.78 is 29.1. The Hall–Kier alpha value is -3.00. The molecule has 0 aliphatic rings. The Balaban J connectivity index is 2.05. The zero-order valence-electron chi connectivity index (χ0n) is 14.9. The Morgan fingerprint density at radius 3 is 2.41 bits per heavy atom. The van der Waals surface area contributed by atoms with E-state index in [0.29, 0.717) is 11.3 Å². The Morgan fingerprint density at radius 2 is 1.74 bits per heavy atom. The highest BCUT2D eigenvalue weighted by Crippen LogP contribution is 2.18. The van der Waals surface area contributed by atoms with Crippen LogP contribution >= 0.6 is 0 Å². The zero-order chi connectivity index (χ0) is 20.0. The van der Waals surface area contributed by atoms with Gasteiger partial charge in [-0.2, -0.15) is 0 Å². The average Bonchev–Trinajstić information content (AvgIpc) is 2.66. The summed E-state index contributed by atoms with van der Waals surface area (Å²) in [6.45, 7) is 2.29. The van der Waals surface area contributed by atoms with Gasteiger partial charge in [-0.25, -0.2) is 13.2 Å². The van der Waals surface area contributed by atoms with Crippen molar-refractivity contribution in [3.63, 3.8) is 0 Å². The fourth-order valence-electron chi connectivity index (χ4n) is 2.28. The number of Topliss-reactive ketones (excluding diaryl/α,β-unsaturated/α-hetero) is 1. The highest BCUT2D eigenvalue weighted by atomic mass is 32.2. The van der Waals surface area contributed by atoms with Gasteiger partial charge in [0.15, 0.2) is 22.2 Å². The van der Waals surface area contributed by atoms with Crippen molar-refractivity contribution in [2.45, 2.75) is 18.7 Å². The van der Waals surface area contributed by atoms with E-state index < -0.39 is 28.3 Å². The molecule has 0 aliphatic carbocycles. The number of carbonyl (C=O) groups is 3. The molecule has 2 rings (SSSR count). The molecule has 0 heterocycles. The SMILES string of the molecule is CCS(=O)(=O)c1ccccc1C(=O)OCC(=O)Nc1cccc(C(C)=O)c1. The molecule has 8 heteroatoms. The molecule has 0 aromatic heterocycles. The highest BCUT2D eigenvalue weighted by molar-refractivity contribution is 7.91. The van der Waals surface area contributed by atoms with Gasteiger partial charge in [0.25, 0.3) is 5.91 Å². The minimum Gasteiger partial charge on any atom is -0.452 e. The van der Waals surface area contributed by atoms with Crippen LogP contribution in [0.5, 0.6) is 0 Å². The van der Waals surface area contributed by atoms with E-state index in [0.717, 1.165) is 0 Å². The molecule has 0 atom stereocenters. The van der Waals surface area contributed by atoms with Crippen LogP contribution in [0.3, 0.4) is 0 Å². The first kappa shape index (κ1) is 20.3. The van der Waals surface area contributed by atoms with Crippen molar-refractivity contribution >= 4 is 33.2 Å². The predicted octanol–water partition coefficient (Wildman–Crippen LogP) is 2.48. The molecule has 27 heavy (non-hydrogen) atoms. The average molecular weight is 389 g/mol. The second-order valence-electron chi connectivity index (χ2n) is 5.66. The first-order valence-electron chi connectivity index (χ1n) is 8.14. The molecular formula is C19H19NO6S. The largest absolute Gasteiger partial charge is 0.452 e. The number of nitrogens with one attached hydrogen (secondary N) is 1. The van der Waals surface area contributed by atoms with Gasteiger partial charge in [0.1, 0.15) is 0 Å². The molecule has 2 aromatic rings. The highest BCUT2D eigenvalue weighted by Gasteiger charge is 2.22. The first-order chi connectivity index (χ1) is 12.7. The van der Waals surface area contributed by atoms with E-state index in [1.165, 1.54) is 44.2 Å². The maximum absolute atomic E-state index is 12.2. The van der Waals surface area contributed by atoms with Crippen LogP contribution in [0.4, 0.5) is 5.69 Å². The van der Waals surface area contributed by atoms with Crippen LogP contribution in [-0.4, -0.2) is 38.4 Å². The minimum absolute atomic E-state index is 0.120. The van der Waals surface area contributed by atoms with E-state index in [-0.39, 0.29) is 22.0 Å². The summed E-state index contributed by atoms with van der Waals surface area (Å²) in [4.78, 5) is 35.4. The maximum Gasteiger partial charge on any atom is 0.339 e. The van der Waals surface area contributed by atoms with Crippen molar-refractivity contribution in [1.82, 2.24) is 0 Å². The van der Waals surface area contributed by atoms with Crippen LogP contribution < -0.4 is 5.32 Å². The number of rotatable bonds is 7. The van der Waals surface area contributed by atoms with Gasteiger partial charge >= 0.3 is 5.97 Å². The van der Waals surface area contributed by atoms with Crippen molar-refractivity contribution < 1.29 is 27.5 Å². The van der Waals surface area contributed by atoms with Crippen molar-refractivity contribution in [2.24, 2.45) is 0 Å². The quantitative estimate of drug-likeness (QED) is 0.576. The van der Waals surface area contributed by atoms with Gasteiger partial charge in [0.05, 0.1) is 16.2 Å². The van der Waals surface area contributed by atoms with Gasteiger partial charge in [-0.15, -0.1) is 0 Å². The van der Waals surface area contributed by atoms with Crippen LogP contribution in [0.1, 0.15) is 34.6 Å². The van der Waals surface area contributed by atoms with E-state index in [1.54, 1.807) is 18.2 Å². The van der Waals surface area contributed by atoms with Crippen LogP contribution in [0, 0.1) is 0 Å². The Bertz CT molecular complexity index is 981. The smallest absolute Gasteiger partial charge is 0.339 e. The summed E-state index contributed by atoms with van der Waals surface area (Å²) in [7, 11) is -3.61. The van der Waals surface area contributed by atoms with Crippen molar-refractivity contribution in [2.75, 3.05) is 17.7 Å². The molecule has 0 radical (unpaired) electrons. The van der Waals surface area contributed by atoms with Crippen molar-refractivity contribution in [3.8, 4) is 0 Å². The third-order valence-corrected chi connectivity index (χ3v) is 5.50. The van der Waals surface area contributed by atoms with E-state index in [2.05, 4.69) is 5.32 Å². The number of benzene rings is 2. The Morgan fingerprint density at radius 1 is 1.04 bits per heavy atom. The summed E-state index contributed by atoms with van der Waals surface area (Å²) in [5, 5.41) is 2.51. The molecule has 0 bridgehead atoms. The molecule has 0 aliphatic heterocycles. The monoisotopic (exact) mass is 389 g/mol. The number of hydrogen-bond donors (Lipinski definition) is 1. The van der Waals surface area contributed by atoms with Crippen LogP contribution in [0.25, 0.3) is 0 Å². The Kier molecular flexibility index (Phi) is 6.46. The Labute approximate surface area is 157 Å². The summed E-state index contributed by atoms with van der Waals surface area (Å²) >= 11 is 0. The lowest BCUT2D eigenvalue weighted by atomic mass is 10.1. The van der Waals surface area contributed by atoms with E-state index in [1.807, 2.05) is 0 Å². The molecule has 142 valence electrons. The first-order valence-corrected chi connectivity index (χ1v) is 9.79. The number of hydrogen-bond acceptors (Lipinski definition) is 6. The standard InChI is InChI=1S/C19H19NO6S/c1-3-27(24,25)17-10-5-4-9-16(17)19(23)26-12-18(22)20-15-8-6-7-14(11-15)13(2)21/h4-11H,3,12H2,1-2H3,(H,20,22). The molecule has 0 spiro atoms. The maximum atomic E-state index is 12.2. The number of amides is 1. The molecule has 2 aromatic carbocycles. The van der Waals surface area contributed by atoms with Gasteiger partial charge in [-0.1, -0.05) is 31.2 Å². The van der Waals surface area contributed by atoms with E-state index in [9.17, 15) is 22.8 Å². The molecular weight excluding hydrogens is 370 g/mol. The van der Waals surface area contributed by atoms with Gasteiger partial charge in [0, 0.05) is 11.3 Å². The molecule has 0 saturated heterocycles. The number of anilines is 1. The minimum atomic E-state index is -3.61. The lowest BCUT2D eigenvalue weighted by molar-refractivity contribution is -0.119. The number of sulfone groups is 1.